The molecule has 1 rings (SSSR count). The van der Waals surface area contributed by atoms with Gasteiger partial charge in [0.25, 0.3) is 0 Å². The monoisotopic (exact) mass is 186 g/mol. The summed E-state index contributed by atoms with van der Waals surface area (Å²) in [6.45, 7) is 3.90. The van der Waals surface area contributed by atoms with Gasteiger partial charge in [-0.15, -0.1) is 0 Å². The standard InChI is InChI=1S/C11H22O2/c1-10(2,13)8-11(9-12)6-4-3-5-7-11/h12-13H,3-9H2,1-2H3. The molecule has 0 aromatic carbocycles. The third-order valence-electron chi connectivity index (χ3n) is 3.06. The molecule has 1 fully saturated rings. The lowest BCUT2D eigenvalue weighted by molar-refractivity contribution is -0.0216. The van der Waals surface area contributed by atoms with E-state index in [1.165, 1.54) is 19.3 Å². The molecule has 2 heteroatoms. The van der Waals surface area contributed by atoms with Crippen LogP contribution in [0.2, 0.25) is 0 Å². The van der Waals surface area contributed by atoms with Crippen molar-refractivity contribution in [3.8, 4) is 0 Å². The van der Waals surface area contributed by atoms with Crippen molar-refractivity contribution in [2.24, 2.45) is 5.41 Å². The third-order valence-corrected chi connectivity index (χ3v) is 3.06. The van der Waals surface area contributed by atoms with Crippen molar-refractivity contribution in [1.29, 1.82) is 0 Å². The fourth-order valence-electron chi connectivity index (χ4n) is 2.61. The average molecular weight is 186 g/mol. The maximum Gasteiger partial charge on any atom is 0.0597 e. The highest BCUT2D eigenvalue weighted by Gasteiger charge is 2.35. The lowest BCUT2D eigenvalue weighted by atomic mass is 9.69. The van der Waals surface area contributed by atoms with E-state index in [-0.39, 0.29) is 12.0 Å². The number of aliphatic hydroxyl groups is 2. The van der Waals surface area contributed by atoms with Crippen LogP contribution in [0.4, 0.5) is 0 Å². The number of aliphatic hydroxyl groups excluding tert-OH is 1. The SMILES string of the molecule is CC(C)(O)CC1(CO)CCCCC1. The first-order chi connectivity index (χ1) is 5.97. The highest BCUT2D eigenvalue weighted by molar-refractivity contribution is 4.87. The van der Waals surface area contributed by atoms with Gasteiger partial charge in [-0.3, -0.25) is 0 Å². The summed E-state index contributed by atoms with van der Waals surface area (Å²) in [6, 6.07) is 0. The number of hydrogen-bond donors (Lipinski definition) is 2. The second-order valence-corrected chi connectivity index (χ2v) is 5.21. The molecular formula is C11H22O2. The Kier molecular flexibility index (Phi) is 3.36. The lowest BCUT2D eigenvalue weighted by Crippen LogP contribution is -2.36. The van der Waals surface area contributed by atoms with Crippen LogP contribution in [0.25, 0.3) is 0 Å². The van der Waals surface area contributed by atoms with E-state index in [9.17, 15) is 10.2 Å². The summed E-state index contributed by atoms with van der Waals surface area (Å²) in [7, 11) is 0. The van der Waals surface area contributed by atoms with Gasteiger partial charge in [-0.2, -0.15) is 0 Å². The molecule has 0 spiro atoms. The minimum absolute atomic E-state index is 0.0104. The molecule has 0 heterocycles. The Bertz CT molecular complexity index is 152. The van der Waals surface area contributed by atoms with E-state index < -0.39 is 5.60 Å². The van der Waals surface area contributed by atoms with Crippen molar-refractivity contribution in [3.63, 3.8) is 0 Å². The minimum atomic E-state index is -0.639. The van der Waals surface area contributed by atoms with Crippen LogP contribution in [0, 0.1) is 5.41 Å². The van der Waals surface area contributed by atoms with Gasteiger partial charge < -0.3 is 10.2 Å². The van der Waals surface area contributed by atoms with E-state index in [1.807, 2.05) is 13.8 Å². The predicted octanol–water partition coefficient (Wildman–Crippen LogP) is 2.09. The molecule has 1 aliphatic carbocycles. The summed E-state index contributed by atoms with van der Waals surface area (Å²) in [5.41, 5.74) is -0.628. The van der Waals surface area contributed by atoms with Crippen LogP contribution in [-0.4, -0.2) is 22.4 Å². The van der Waals surface area contributed by atoms with Crippen LogP contribution in [-0.2, 0) is 0 Å². The van der Waals surface area contributed by atoms with Crippen molar-refractivity contribution in [2.45, 2.75) is 58.0 Å². The Balaban J connectivity index is 2.57. The van der Waals surface area contributed by atoms with Crippen molar-refractivity contribution in [3.05, 3.63) is 0 Å². The molecule has 0 radical (unpaired) electrons. The molecule has 0 aromatic rings. The number of rotatable bonds is 3. The van der Waals surface area contributed by atoms with Gasteiger partial charge in [0, 0.05) is 6.61 Å². The van der Waals surface area contributed by atoms with E-state index in [0.717, 1.165) is 19.3 Å². The first kappa shape index (κ1) is 11.0. The maximum absolute atomic E-state index is 9.76. The van der Waals surface area contributed by atoms with Gasteiger partial charge in [-0.05, 0) is 38.5 Å². The Morgan fingerprint density at radius 1 is 1.15 bits per heavy atom. The second kappa shape index (κ2) is 3.97. The van der Waals surface area contributed by atoms with Crippen molar-refractivity contribution >= 4 is 0 Å². The Morgan fingerprint density at radius 3 is 2.08 bits per heavy atom. The molecule has 0 bridgehead atoms. The quantitative estimate of drug-likeness (QED) is 0.708. The number of hydrogen-bond acceptors (Lipinski definition) is 2. The Hall–Kier alpha value is -0.0800. The second-order valence-electron chi connectivity index (χ2n) is 5.21. The van der Waals surface area contributed by atoms with Crippen molar-refractivity contribution < 1.29 is 10.2 Å². The highest BCUT2D eigenvalue weighted by Crippen LogP contribution is 2.41. The van der Waals surface area contributed by atoms with Gasteiger partial charge >= 0.3 is 0 Å². The smallest absolute Gasteiger partial charge is 0.0597 e. The first-order valence-electron chi connectivity index (χ1n) is 5.31. The van der Waals surface area contributed by atoms with E-state index in [4.69, 9.17) is 0 Å². The molecule has 1 saturated carbocycles. The minimum Gasteiger partial charge on any atom is -0.396 e. The molecule has 78 valence electrons. The van der Waals surface area contributed by atoms with E-state index in [2.05, 4.69) is 0 Å². The molecule has 0 saturated heterocycles. The molecule has 2 N–H and O–H groups in total. The van der Waals surface area contributed by atoms with Gasteiger partial charge in [-0.1, -0.05) is 19.3 Å². The zero-order valence-corrected chi connectivity index (χ0v) is 8.84. The van der Waals surface area contributed by atoms with Gasteiger partial charge in [-0.25, -0.2) is 0 Å². The van der Waals surface area contributed by atoms with E-state index in [1.54, 1.807) is 0 Å². The molecule has 2 nitrogen and oxygen atoms in total. The molecule has 0 aromatic heterocycles. The van der Waals surface area contributed by atoms with Crippen LogP contribution < -0.4 is 0 Å². The molecular weight excluding hydrogens is 164 g/mol. The van der Waals surface area contributed by atoms with Crippen LogP contribution in [0.15, 0.2) is 0 Å². The van der Waals surface area contributed by atoms with Gasteiger partial charge in [0.1, 0.15) is 0 Å². The van der Waals surface area contributed by atoms with Gasteiger partial charge in [0.15, 0.2) is 0 Å². The lowest BCUT2D eigenvalue weighted by Gasteiger charge is -2.39. The van der Waals surface area contributed by atoms with Crippen LogP contribution >= 0.6 is 0 Å². The van der Waals surface area contributed by atoms with Crippen LogP contribution in [0.5, 0.6) is 0 Å². The highest BCUT2D eigenvalue weighted by atomic mass is 16.3. The third kappa shape index (κ3) is 3.28. The first-order valence-corrected chi connectivity index (χ1v) is 5.31. The zero-order valence-electron chi connectivity index (χ0n) is 8.84. The van der Waals surface area contributed by atoms with E-state index in [0.29, 0.717) is 0 Å². The zero-order chi connectivity index (χ0) is 9.95. The summed E-state index contributed by atoms with van der Waals surface area (Å²) in [4.78, 5) is 0. The fourth-order valence-corrected chi connectivity index (χ4v) is 2.61. The average Bonchev–Trinajstić information content (AvgIpc) is 2.03. The maximum atomic E-state index is 9.76. The Labute approximate surface area is 81.0 Å². The molecule has 0 aliphatic heterocycles. The van der Waals surface area contributed by atoms with Crippen LogP contribution in [0.1, 0.15) is 52.4 Å². The summed E-state index contributed by atoms with van der Waals surface area (Å²) in [5.74, 6) is 0. The topological polar surface area (TPSA) is 40.5 Å². The molecule has 0 atom stereocenters. The normalized spacial score (nSPS) is 23.1. The summed E-state index contributed by atoms with van der Waals surface area (Å²) in [5, 5.41) is 19.1. The van der Waals surface area contributed by atoms with Crippen molar-refractivity contribution in [1.82, 2.24) is 0 Å². The summed E-state index contributed by atoms with van der Waals surface area (Å²) < 4.78 is 0. The predicted molar refractivity (Wildman–Crippen MR) is 53.5 cm³/mol. The van der Waals surface area contributed by atoms with Gasteiger partial charge in [0.05, 0.1) is 5.60 Å². The largest absolute Gasteiger partial charge is 0.396 e. The molecule has 0 amide bonds. The molecule has 1 aliphatic rings. The fraction of sp³-hybridized carbons (Fsp3) is 1.00. The van der Waals surface area contributed by atoms with E-state index >= 15 is 0 Å². The van der Waals surface area contributed by atoms with Crippen molar-refractivity contribution in [2.75, 3.05) is 6.61 Å². The molecule has 0 unspecified atom stereocenters. The van der Waals surface area contributed by atoms with Crippen LogP contribution in [0.3, 0.4) is 0 Å². The van der Waals surface area contributed by atoms with Gasteiger partial charge in [0.2, 0.25) is 0 Å². The molecule has 13 heavy (non-hydrogen) atoms. The summed E-state index contributed by atoms with van der Waals surface area (Å²) >= 11 is 0. The summed E-state index contributed by atoms with van der Waals surface area (Å²) in [6.07, 6.45) is 6.58. The Morgan fingerprint density at radius 2 is 1.69 bits per heavy atom.